The van der Waals surface area contributed by atoms with E-state index in [1.807, 2.05) is 31.7 Å². The molecule has 6 nitrogen and oxygen atoms in total. The number of rotatable bonds is 3. The first kappa shape index (κ1) is 24.7. The molecule has 2 amide bonds. The van der Waals surface area contributed by atoms with Crippen LogP contribution in [-0.4, -0.2) is 49.3 Å². The van der Waals surface area contributed by atoms with Gasteiger partial charge in [0.25, 0.3) is 5.91 Å². The fourth-order valence-corrected chi connectivity index (χ4v) is 6.51. The molecule has 0 unspecified atom stereocenters. The van der Waals surface area contributed by atoms with Gasteiger partial charge in [-0.3, -0.25) is 4.79 Å². The van der Waals surface area contributed by atoms with E-state index >= 15 is 0 Å². The molecule has 0 saturated heterocycles. The molecule has 1 aromatic rings. The number of ether oxygens (including phenoxy) is 2. The van der Waals surface area contributed by atoms with E-state index in [9.17, 15) is 9.59 Å². The van der Waals surface area contributed by atoms with Crippen molar-refractivity contribution in [1.29, 1.82) is 0 Å². The summed E-state index contributed by atoms with van der Waals surface area (Å²) in [6.45, 7) is 14.2. The number of nitrogens with one attached hydrogen (secondary N) is 1. The third-order valence-electron chi connectivity index (χ3n) is 7.11. The maximum Gasteiger partial charge on any atom is 0.408 e. The lowest BCUT2D eigenvalue weighted by Crippen LogP contribution is -2.78. The number of fused-ring (bicyclic) bond motifs is 1. The zero-order valence-electron chi connectivity index (χ0n) is 21.8. The second-order valence-electron chi connectivity index (χ2n) is 12.5. The molecule has 2 bridgehead atoms. The Kier molecular flexibility index (Phi) is 5.84. The second kappa shape index (κ2) is 8.05. The second-order valence-corrected chi connectivity index (χ2v) is 17.3. The molecule has 184 valence electrons. The van der Waals surface area contributed by atoms with Gasteiger partial charge in [0.1, 0.15) is 19.4 Å². The maximum absolute atomic E-state index is 13.5. The van der Waals surface area contributed by atoms with E-state index in [-0.39, 0.29) is 35.0 Å². The van der Waals surface area contributed by atoms with Crippen LogP contribution >= 0.6 is 0 Å². The number of carbonyl (C=O) groups excluding carboxylic acids is 2. The summed E-state index contributed by atoms with van der Waals surface area (Å²) in [6, 6.07) is 6.19. The third kappa shape index (κ3) is 4.57. The Morgan fingerprint density at radius 2 is 1.82 bits per heavy atom. The fourth-order valence-electron chi connectivity index (χ4n) is 6.03. The minimum Gasteiger partial charge on any atom is -0.497 e. The zero-order valence-corrected chi connectivity index (χ0v) is 22.8. The highest BCUT2D eigenvalue weighted by molar-refractivity contribution is 6.84. The lowest BCUT2D eigenvalue weighted by atomic mass is 9.36. The van der Waals surface area contributed by atoms with Crippen molar-refractivity contribution in [2.75, 3.05) is 7.11 Å². The van der Waals surface area contributed by atoms with Crippen LogP contribution in [-0.2, 0) is 16.0 Å². The van der Waals surface area contributed by atoms with E-state index in [0.29, 0.717) is 0 Å². The van der Waals surface area contributed by atoms with Crippen LogP contribution in [0.4, 0.5) is 4.79 Å². The van der Waals surface area contributed by atoms with E-state index in [1.54, 1.807) is 7.11 Å². The molecule has 1 aliphatic heterocycles. The molecule has 1 aromatic carbocycles. The lowest BCUT2D eigenvalue weighted by Gasteiger charge is -2.74. The summed E-state index contributed by atoms with van der Waals surface area (Å²) in [5.74, 6) is 3.75. The van der Waals surface area contributed by atoms with Gasteiger partial charge in [-0.1, -0.05) is 25.7 Å². The first-order chi connectivity index (χ1) is 15.7. The molecule has 0 spiro atoms. The highest BCUT2D eigenvalue weighted by Gasteiger charge is 2.73. The first-order valence-electron chi connectivity index (χ1n) is 12.2. The van der Waals surface area contributed by atoms with Gasteiger partial charge in [0, 0.05) is 17.0 Å². The Morgan fingerprint density at radius 3 is 2.38 bits per heavy atom. The summed E-state index contributed by atoms with van der Waals surface area (Å²) in [6.07, 6.45) is 2.94. The van der Waals surface area contributed by atoms with Crippen molar-refractivity contribution in [3.05, 3.63) is 29.3 Å². The normalized spacial score (nSPS) is 29.5. The molecule has 0 aromatic heterocycles. The molecule has 5 rings (SSSR count). The van der Waals surface area contributed by atoms with Crippen LogP contribution in [0.5, 0.6) is 5.75 Å². The van der Waals surface area contributed by atoms with Crippen LogP contribution < -0.4 is 10.1 Å². The fraction of sp³-hybridized carbons (Fsp3) is 0.630. The average molecular weight is 483 g/mol. The van der Waals surface area contributed by atoms with Gasteiger partial charge in [0.2, 0.25) is 0 Å². The molecular weight excluding hydrogens is 444 g/mol. The Bertz CT molecular complexity index is 1050. The summed E-state index contributed by atoms with van der Waals surface area (Å²) in [7, 11) is 0.00232. The smallest absolute Gasteiger partial charge is 0.408 e. The van der Waals surface area contributed by atoms with Crippen molar-refractivity contribution in [3.8, 4) is 17.2 Å². The molecule has 4 aliphatic rings. The number of methoxy groups -OCH3 is 1. The van der Waals surface area contributed by atoms with Crippen molar-refractivity contribution in [2.45, 2.75) is 96.2 Å². The summed E-state index contributed by atoms with van der Waals surface area (Å²) in [5.41, 5.74) is 4.88. The van der Waals surface area contributed by atoms with Gasteiger partial charge in [-0.05, 0) is 82.6 Å². The SMILES string of the molecule is COc1ccc2c(c1)C[C@H](C)N(C(=O)C#C[Si](C)(C)C)[C@H]2C12CC(NC(=O)OC(C)(C)C)(C1)C2. The Labute approximate surface area is 204 Å². The van der Waals surface area contributed by atoms with Crippen LogP contribution in [0.3, 0.4) is 0 Å². The summed E-state index contributed by atoms with van der Waals surface area (Å²) in [5, 5.41) is 3.11. The molecule has 7 heteroatoms. The number of hydrogen-bond acceptors (Lipinski definition) is 4. The van der Waals surface area contributed by atoms with Gasteiger partial charge in [0.05, 0.1) is 13.2 Å². The van der Waals surface area contributed by atoms with Gasteiger partial charge in [-0.15, -0.1) is 5.54 Å². The summed E-state index contributed by atoms with van der Waals surface area (Å²) in [4.78, 5) is 27.9. The lowest BCUT2D eigenvalue weighted by molar-refractivity contribution is -0.205. The number of carbonyl (C=O) groups is 2. The van der Waals surface area contributed by atoms with Gasteiger partial charge in [-0.2, -0.15) is 0 Å². The quantitative estimate of drug-likeness (QED) is 0.495. The van der Waals surface area contributed by atoms with E-state index in [2.05, 4.69) is 55.5 Å². The summed E-state index contributed by atoms with van der Waals surface area (Å²) < 4.78 is 11.0. The van der Waals surface area contributed by atoms with Gasteiger partial charge in [0.15, 0.2) is 0 Å². The molecule has 2 atom stereocenters. The van der Waals surface area contributed by atoms with Crippen LogP contribution in [0.2, 0.25) is 19.6 Å². The zero-order chi connectivity index (χ0) is 25.1. The standard InChI is InChI=1S/C27H38N2O4Si/c1-18-13-19-14-20(32-5)9-10-21(19)23(29(18)22(30)11-12-34(6,7)8)26-15-27(16-26,17-26)28-24(31)33-25(2,3)4/h9-10,14,18,23H,13,15-17H2,1-8H3,(H,28,31)/t18-,23+,26?,27?/m0/s1. The van der Waals surface area contributed by atoms with Crippen molar-refractivity contribution >= 4 is 20.1 Å². The third-order valence-corrected chi connectivity index (χ3v) is 7.98. The molecule has 34 heavy (non-hydrogen) atoms. The van der Waals surface area contributed by atoms with E-state index in [0.717, 1.165) is 31.4 Å². The van der Waals surface area contributed by atoms with Crippen LogP contribution in [0.1, 0.15) is 64.1 Å². The predicted octanol–water partition coefficient (Wildman–Crippen LogP) is 4.84. The first-order valence-corrected chi connectivity index (χ1v) is 15.7. The highest BCUT2D eigenvalue weighted by atomic mass is 28.3. The predicted molar refractivity (Wildman–Crippen MR) is 135 cm³/mol. The summed E-state index contributed by atoms with van der Waals surface area (Å²) >= 11 is 0. The Hall–Kier alpha value is -2.46. The van der Waals surface area contributed by atoms with E-state index in [4.69, 9.17) is 9.47 Å². The van der Waals surface area contributed by atoms with E-state index in [1.165, 1.54) is 11.1 Å². The number of benzene rings is 1. The van der Waals surface area contributed by atoms with Crippen LogP contribution in [0, 0.1) is 16.9 Å². The van der Waals surface area contributed by atoms with Crippen LogP contribution in [0.15, 0.2) is 18.2 Å². The molecule has 3 fully saturated rings. The largest absolute Gasteiger partial charge is 0.497 e. The van der Waals surface area contributed by atoms with Crippen molar-refractivity contribution in [1.82, 2.24) is 10.2 Å². The number of amides is 2. The topological polar surface area (TPSA) is 67.9 Å². The monoisotopic (exact) mass is 482 g/mol. The molecule has 3 saturated carbocycles. The van der Waals surface area contributed by atoms with Gasteiger partial charge in [-0.25, -0.2) is 4.79 Å². The van der Waals surface area contributed by atoms with Crippen molar-refractivity contribution < 1.29 is 19.1 Å². The molecular formula is C27H38N2O4Si. The Balaban J connectivity index is 1.63. The maximum atomic E-state index is 13.5. The van der Waals surface area contributed by atoms with Gasteiger partial charge < -0.3 is 19.7 Å². The number of hydrogen-bond donors (Lipinski definition) is 1. The van der Waals surface area contributed by atoms with Gasteiger partial charge >= 0.3 is 6.09 Å². The Morgan fingerprint density at radius 1 is 1.18 bits per heavy atom. The van der Waals surface area contributed by atoms with E-state index < -0.39 is 13.7 Å². The molecule has 0 radical (unpaired) electrons. The van der Waals surface area contributed by atoms with Crippen molar-refractivity contribution in [2.24, 2.45) is 5.41 Å². The molecule has 1 N–H and O–H groups in total. The minimum absolute atomic E-state index is 0.0387. The highest BCUT2D eigenvalue weighted by Crippen LogP contribution is 2.74. The number of nitrogens with zero attached hydrogens (tertiary/aromatic N) is 1. The van der Waals surface area contributed by atoms with Crippen molar-refractivity contribution in [3.63, 3.8) is 0 Å². The molecule has 1 heterocycles. The van der Waals surface area contributed by atoms with Crippen LogP contribution in [0.25, 0.3) is 0 Å². The average Bonchev–Trinajstić information content (AvgIpc) is 2.64. The minimum atomic E-state index is -1.68. The number of alkyl carbamates (subject to hydrolysis) is 1. The molecule has 3 aliphatic carbocycles.